The average molecular weight is 251 g/mol. The first kappa shape index (κ1) is 15.0. The first-order chi connectivity index (χ1) is 8.51. The summed E-state index contributed by atoms with van der Waals surface area (Å²) in [5, 5.41) is 9.07. The van der Waals surface area contributed by atoms with Crippen LogP contribution in [-0.4, -0.2) is 42.9 Å². The van der Waals surface area contributed by atoms with Gasteiger partial charge in [-0.2, -0.15) is 0 Å². The molecule has 0 saturated carbocycles. The van der Waals surface area contributed by atoms with Gasteiger partial charge in [-0.05, 0) is 45.4 Å². The summed E-state index contributed by atoms with van der Waals surface area (Å²) in [6, 6.07) is 8.12. The summed E-state index contributed by atoms with van der Waals surface area (Å²) < 4.78 is 5.35. The van der Waals surface area contributed by atoms with E-state index in [4.69, 9.17) is 9.84 Å². The molecule has 0 aliphatic carbocycles. The molecule has 0 spiro atoms. The van der Waals surface area contributed by atoms with Crippen LogP contribution in [0.4, 0.5) is 0 Å². The van der Waals surface area contributed by atoms with Crippen molar-refractivity contribution in [2.75, 3.05) is 27.3 Å². The van der Waals surface area contributed by atoms with Crippen LogP contribution in [0, 0.1) is 0 Å². The zero-order valence-corrected chi connectivity index (χ0v) is 11.9. The van der Waals surface area contributed by atoms with E-state index in [2.05, 4.69) is 31.9 Å². The summed E-state index contributed by atoms with van der Waals surface area (Å²) in [7, 11) is 3.81. The second-order valence-electron chi connectivity index (χ2n) is 5.27. The molecule has 0 radical (unpaired) electrons. The van der Waals surface area contributed by atoms with Gasteiger partial charge in [0.1, 0.15) is 5.75 Å². The maximum atomic E-state index is 9.07. The Kier molecular flexibility index (Phi) is 5.63. The number of benzene rings is 1. The molecule has 1 rings (SSSR count). The quantitative estimate of drug-likeness (QED) is 0.807. The fourth-order valence-corrected chi connectivity index (χ4v) is 1.96. The molecular formula is C15H25NO2. The van der Waals surface area contributed by atoms with Gasteiger partial charge in [-0.1, -0.05) is 18.2 Å². The van der Waals surface area contributed by atoms with Crippen molar-refractivity contribution in [2.45, 2.75) is 32.2 Å². The molecule has 1 N–H and O–H groups in total. The Balaban J connectivity index is 2.59. The van der Waals surface area contributed by atoms with E-state index >= 15 is 0 Å². The Morgan fingerprint density at radius 2 is 1.94 bits per heavy atom. The largest absolute Gasteiger partial charge is 0.496 e. The minimum atomic E-state index is 0.0246. The number of hydrogen-bond acceptors (Lipinski definition) is 3. The number of likely N-dealkylation sites (N-methyl/N-ethyl adjacent to an activating group) is 1. The highest BCUT2D eigenvalue weighted by Crippen LogP contribution is 2.21. The Labute approximate surface area is 110 Å². The van der Waals surface area contributed by atoms with Crippen LogP contribution in [-0.2, 0) is 6.42 Å². The molecule has 102 valence electrons. The van der Waals surface area contributed by atoms with Crippen molar-refractivity contribution in [1.82, 2.24) is 4.90 Å². The lowest BCUT2D eigenvalue weighted by Crippen LogP contribution is -2.42. The van der Waals surface area contributed by atoms with Gasteiger partial charge in [-0.25, -0.2) is 0 Å². The van der Waals surface area contributed by atoms with E-state index in [1.165, 1.54) is 5.56 Å². The third kappa shape index (κ3) is 4.00. The standard InChI is InChI=1S/C15H25NO2/c1-15(2,10-12-17)16(3)11-9-13-7-5-6-8-14(13)18-4/h5-8,17H,9-12H2,1-4H3. The summed E-state index contributed by atoms with van der Waals surface area (Å²) in [6.07, 6.45) is 1.74. The maximum Gasteiger partial charge on any atom is 0.122 e. The molecule has 0 aliphatic rings. The van der Waals surface area contributed by atoms with Crippen molar-refractivity contribution in [3.63, 3.8) is 0 Å². The topological polar surface area (TPSA) is 32.7 Å². The lowest BCUT2D eigenvalue weighted by Gasteiger charge is -2.35. The van der Waals surface area contributed by atoms with Crippen LogP contribution in [0.3, 0.4) is 0 Å². The summed E-state index contributed by atoms with van der Waals surface area (Å²) in [6.45, 7) is 5.50. The fourth-order valence-electron chi connectivity index (χ4n) is 1.96. The third-order valence-electron chi connectivity index (χ3n) is 3.67. The van der Waals surface area contributed by atoms with Gasteiger partial charge in [-0.3, -0.25) is 0 Å². The Morgan fingerprint density at radius 1 is 1.28 bits per heavy atom. The van der Waals surface area contributed by atoms with E-state index in [0.717, 1.165) is 25.1 Å². The smallest absolute Gasteiger partial charge is 0.122 e. The predicted octanol–water partition coefficient (Wildman–Crippen LogP) is 2.33. The minimum absolute atomic E-state index is 0.0246. The number of methoxy groups -OCH3 is 1. The van der Waals surface area contributed by atoms with Crippen LogP contribution >= 0.6 is 0 Å². The molecule has 0 aromatic heterocycles. The van der Waals surface area contributed by atoms with Gasteiger partial charge < -0.3 is 14.7 Å². The number of rotatable bonds is 7. The van der Waals surface area contributed by atoms with Crippen LogP contribution < -0.4 is 4.74 Å². The summed E-state index contributed by atoms with van der Waals surface area (Å²) in [4.78, 5) is 2.29. The van der Waals surface area contributed by atoms with E-state index < -0.39 is 0 Å². The second kappa shape index (κ2) is 6.76. The second-order valence-corrected chi connectivity index (χ2v) is 5.27. The zero-order valence-electron chi connectivity index (χ0n) is 11.9. The van der Waals surface area contributed by atoms with Gasteiger partial charge >= 0.3 is 0 Å². The number of hydrogen-bond donors (Lipinski definition) is 1. The zero-order chi connectivity index (χ0) is 13.6. The van der Waals surface area contributed by atoms with Crippen molar-refractivity contribution in [3.8, 4) is 5.75 Å². The predicted molar refractivity (Wildman–Crippen MR) is 75.1 cm³/mol. The number of aliphatic hydroxyl groups excluding tert-OH is 1. The van der Waals surface area contributed by atoms with Crippen molar-refractivity contribution in [2.24, 2.45) is 0 Å². The number of ether oxygens (including phenoxy) is 1. The third-order valence-corrected chi connectivity index (χ3v) is 3.67. The molecule has 18 heavy (non-hydrogen) atoms. The van der Waals surface area contributed by atoms with Gasteiger partial charge in [0.25, 0.3) is 0 Å². The van der Waals surface area contributed by atoms with Gasteiger partial charge in [0.2, 0.25) is 0 Å². The van der Waals surface area contributed by atoms with Crippen molar-refractivity contribution < 1.29 is 9.84 Å². The molecule has 0 saturated heterocycles. The van der Waals surface area contributed by atoms with Gasteiger partial charge in [-0.15, -0.1) is 0 Å². The first-order valence-corrected chi connectivity index (χ1v) is 6.45. The van der Waals surface area contributed by atoms with Crippen molar-refractivity contribution in [1.29, 1.82) is 0 Å². The van der Waals surface area contributed by atoms with Crippen LogP contribution in [0.2, 0.25) is 0 Å². The molecule has 0 unspecified atom stereocenters. The van der Waals surface area contributed by atoms with Gasteiger partial charge in [0.15, 0.2) is 0 Å². The highest BCUT2D eigenvalue weighted by molar-refractivity contribution is 5.33. The molecule has 0 fully saturated rings. The molecule has 0 heterocycles. The number of aliphatic hydroxyl groups is 1. The molecule has 0 atom stereocenters. The molecule has 1 aromatic carbocycles. The van der Waals surface area contributed by atoms with Crippen LogP contribution in [0.1, 0.15) is 25.8 Å². The molecule has 3 heteroatoms. The minimum Gasteiger partial charge on any atom is -0.496 e. The Hall–Kier alpha value is -1.06. The molecular weight excluding hydrogens is 226 g/mol. The van der Waals surface area contributed by atoms with E-state index in [-0.39, 0.29) is 12.1 Å². The normalized spacial score (nSPS) is 11.9. The maximum absolute atomic E-state index is 9.07. The average Bonchev–Trinajstić information content (AvgIpc) is 2.36. The molecule has 0 aliphatic heterocycles. The summed E-state index contributed by atoms with van der Waals surface area (Å²) in [5.41, 5.74) is 1.25. The van der Waals surface area contributed by atoms with Gasteiger partial charge in [0, 0.05) is 18.7 Å². The fraction of sp³-hybridized carbons (Fsp3) is 0.600. The lowest BCUT2D eigenvalue weighted by molar-refractivity contribution is 0.117. The molecule has 1 aromatic rings. The van der Waals surface area contributed by atoms with Crippen molar-refractivity contribution >= 4 is 0 Å². The summed E-state index contributed by atoms with van der Waals surface area (Å²) in [5.74, 6) is 0.950. The Bertz CT molecular complexity index is 363. The van der Waals surface area contributed by atoms with E-state index in [1.54, 1.807) is 7.11 Å². The van der Waals surface area contributed by atoms with E-state index in [9.17, 15) is 0 Å². The van der Waals surface area contributed by atoms with E-state index in [1.807, 2.05) is 18.2 Å². The molecule has 0 amide bonds. The van der Waals surface area contributed by atoms with Gasteiger partial charge in [0.05, 0.1) is 7.11 Å². The first-order valence-electron chi connectivity index (χ1n) is 6.45. The molecule has 0 bridgehead atoms. The van der Waals surface area contributed by atoms with Crippen LogP contribution in [0.5, 0.6) is 5.75 Å². The highest BCUT2D eigenvalue weighted by atomic mass is 16.5. The SMILES string of the molecule is COc1ccccc1CCN(C)C(C)(C)CCO. The van der Waals surface area contributed by atoms with Crippen LogP contribution in [0.15, 0.2) is 24.3 Å². The monoisotopic (exact) mass is 251 g/mol. The van der Waals surface area contributed by atoms with Crippen molar-refractivity contribution in [3.05, 3.63) is 29.8 Å². The van der Waals surface area contributed by atoms with Crippen LogP contribution in [0.25, 0.3) is 0 Å². The number of nitrogens with zero attached hydrogens (tertiary/aromatic N) is 1. The number of para-hydroxylation sites is 1. The Morgan fingerprint density at radius 3 is 2.56 bits per heavy atom. The lowest BCUT2D eigenvalue weighted by atomic mass is 9.98. The summed E-state index contributed by atoms with van der Waals surface area (Å²) >= 11 is 0. The highest BCUT2D eigenvalue weighted by Gasteiger charge is 2.22. The van der Waals surface area contributed by atoms with E-state index in [0.29, 0.717) is 0 Å². The molecule has 3 nitrogen and oxygen atoms in total.